The molecule has 0 aromatic heterocycles. The van der Waals surface area contributed by atoms with Crippen LogP contribution in [0.1, 0.15) is 13.3 Å². The average Bonchev–Trinajstić information content (AvgIpc) is 2.17. The lowest BCUT2D eigenvalue weighted by Crippen LogP contribution is -2.28. The predicted octanol–water partition coefficient (Wildman–Crippen LogP) is 3.00. The Labute approximate surface area is 86.0 Å². The summed E-state index contributed by atoms with van der Waals surface area (Å²) in [6, 6.07) is 5.82. The highest BCUT2D eigenvalue weighted by molar-refractivity contribution is 9.10. The molecule has 0 aliphatic carbocycles. The summed E-state index contributed by atoms with van der Waals surface area (Å²) in [4.78, 5) is 0. The highest BCUT2D eigenvalue weighted by Gasteiger charge is 2.18. The van der Waals surface area contributed by atoms with E-state index in [1.165, 1.54) is 0 Å². The van der Waals surface area contributed by atoms with Crippen LogP contribution < -0.4 is 9.47 Å². The van der Waals surface area contributed by atoms with Gasteiger partial charge in [0.15, 0.2) is 11.5 Å². The van der Waals surface area contributed by atoms with Crippen molar-refractivity contribution < 1.29 is 9.47 Å². The topological polar surface area (TPSA) is 18.5 Å². The minimum atomic E-state index is 0.202. The summed E-state index contributed by atoms with van der Waals surface area (Å²) >= 11 is 3.39. The van der Waals surface area contributed by atoms with Crippen molar-refractivity contribution in [1.82, 2.24) is 0 Å². The molecule has 0 amide bonds. The third kappa shape index (κ3) is 1.80. The summed E-state index contributed by atoms with van der Waals surface area (Å²) in [7, 11) is 0. The molecule has 1 aromatic rings. The van der Waals surface area contributed by atoms with Gasteiger partial charge in [0.05, 0.1) is 0 Å². The Morgan fingerprint density at radius 1 is 1.46 bits per heavy atom. The monoisotopic (exact) mass is 242 g/mol. The summed E-state index contributed by atoms with van der Waals surface area (Å²) in [5.74, 6) is 1.68. The number of rotatable bonds is 1. The Bertz CT molecular complexity index is 312. The summed E-state index contributed by atoms with van der Waals surface area (Å²) in [6.45, 7) is 2.75. The van der Waals surface area contributed by atoms with Gasteiger partial charge in [-0.05, 0) is 24.6 Å². The first-order chi connectivity index (χ1) is 6.29. The van der Waals surface area contributed by atoms with E-state index in [-0.39, 0.29) is 6.10 Å². The number of halogens is 1. The quantitative estimate of drug-likeness (QED) is 0.754. The number of hydrogen-bond acceptors (Lipinski definition) is 2. The van der Waals surface area contributed by atoms with Gasteiger partial charge in [0.1, 0.15) is 12.7 Å². The molecule has 1 aliphatic rings. The van der Waals surface area contributed by atoms with Gasteiger partial charge in [-0.1, -0.05) is 22.9 Å². The van der Waals surface area contributed by atoms with E-state index < -0.39 is 0 Å². The van der Waals surface area contributed by atoms with E-state index in [9.17, 15) is 0 Å². The molecule has 1 aromatic carbocycles. The van der Waals surface area contributed by atoms with Gasteiger partial charge >= 0.3 is 0 Å². The molecule has 70 valence electrons. The summed E-state index contributed by atoms with van der Waals surface area (Å²) in [5.41, 5.74) is 0. The third-order valence-electron chi connectivity index (χ3n) is 2.08. The number of benzene rings is 1. The first-order valence-corrected chi connectivity index (χ1v) is 5.18. The molecule has 2 rings (SSSR count). The molecule has 0 saturated heterocycles. The second kappa shape index (κ2) is 3.58. The van der Waals surface area contributed by atoms with Crippen LogP contribution in [0.3, 0.4) is 0 Å². The zero-order chi connectivity index (χ0) is 9.26. The zero-order valence-electron chi connectivity index (χ0n) is 7.42. The summed E-state index contributed by atoms with van der Waals surface area (Å²) in [5, 5.41) is 0. The molecule has 0 fully saturated rings. The van der Waals surface area contributed by atoms with Crippen LogP contribution in [0, 0.1) is 0 Å². The van der Waals surface area contributed by atoms with Crippen LogP contribution in [-0.2, 0) is 0 Å². The van der Waals surface area contributed by atoms with E-state index in [1.54, 1.807) is 0 Å². The van der Waals surface area contributed by atoms with Crippen molar-refractivity contribution >= 4 is 15.9 Å². The molecule has 2 nitrogen and oxygen atoms in total. The molecule has 0 radical (unpaired) electrons. The van der Waals surface area contributed by atoms with E-state index in [0.29, 0.717) is 6.61 Å². The first kappa shape index (κ1) is 8.88. The van der Waals surface area contributed by atoms with Crippen molar-refractivity contribution in [1.29, 1.82) is 0 Å². The van der Waals surface area contributed by atoms with Gasteiger partial charge in [0.2, 0.25) is 0 Å². The maximum absolute atomic E-state index is 5.69. The molecule has 0 spiro atoms. The molecule has 13 heavy (non-hydrogen) atoms. The van der Waals surface area contributed by atoms with E-state index in [2.05, 4.69) is 22.9 Å². The maximum Gasteiger partial charge on any atom is 0.162 e. The largest absolute Gasteiger partial charge is 0.486 e. The fraction of sp³-hybridized carbons (Fsp3) is 0.400. The van der Waals surface area contributed by atoms with Crippen LogP contribution in [0.15, 0.2) is 22.7 Å². The Morgan fingerprint density at radius 2 is 2.31 bits per heavy atom. The van der Waals surface area contributed by atoms with Gasteiger partial charge in [-0.25, -0.2) is 0 Å². The SMILES string of the molecule is CCC1COc2cc(Br)ccc2O1. The Hall–Kier alpha value is -0.700. The van der Waals surface area contributed by atoms with E-state index in [1.807, 2.05) is 18.2 Å². The van der Waals surface area contributed by atoms with Gasteiger partial charge in [-0.2, -0.15) is 0 Å². The second-order valence-electron chi connectivity index (χ2n) is 3.05. The molecule has 1 unspecified atom stereocenters. The van der Waals surface area contributed by atoms with E-state index in [4.69, 9.17) is 9.47 Å². The Kier molecular flexibility index (Phi) is 2.44. The molecule has 0 bridgehead atoms. The normalized spacial score (nSPS) is 20.0. The van der Waals surface area contributed by atoms with Crippen LogP contribution in [0.2, 0.25) is 0 Å². The first-order valence-electron chi connectivity index (χ1n) is 4.38. The Balaban J connectivity index is 2.26. The minimum absolute atomic E-state index is 0.202. The fourth-order valence-electron chi connectivity index (χ4n) is 1.29. The van der Waals surface area contributed by atoms with Crippen LogP contribution in [0.5, 0.6) is 11.5 Å². The lowest BCUT2D eigenvalue weighted by atomic mass is 10.2. The van der Waals surface area contributed by atoms with Crippen LogP contribution >= 0.6 is 15.9 Å². The smallest absolute Gasteiger partial charge is 0.162 e. The van der Waals surface area contributed by atoms with Gasteiger partial charge in [-0.15, -0.1) is 0 Å². The number of fused-ring (bicyclic) bond motifs is 1. The Morgan fingerprint density at radius 3 is 3.08 bits per heavy atom. The van der Waals surface area contributed by atoms with Gasteiger partial charge in [0.25, 0.3) is 0 Å². The van der Waals surface area contributed by atoms with E-state index >= 15 is 0 Å². The van der Waals surface area contributed by atoms with Crippen LogP contribution in [0.25, 0.3) is 0 Å². The number of hydrogen-bond donors (Lipinski definition) is 0. The van der Waals surface area contributed by atoms with Crippen molar-refractivity contribution in [2.24, 2.45) is 0 Å². The second-order valence-corrected chi connectivity index (χ2v) is 3.97. The zero-order valence-corrected chi connectivity index (χ0v) is 9.00. The average molecular weight is 243 g/mol. The minimum Gasteiger partial charge on any atom is -0.486 e. The van der Waals surface area contributed by atoms with Crippen LogP contribution in [0.4, 0.5) is 0 Å². The van der Waals surface area contributed by atoms with Crippen molar-refractivity contribution in [2.45, 2.75) is 19.4 Å². The van der Waals surface area contributed by atoms with Gasteiger partial charge in [-0.3, -0.25) is 0 Å². The summed E-state index contributed by atoms with van der Waals surface area (Å²) < 4.78 is 12.3. The van der Waals surface area contributed by atoms with Crippen molar-refractivity contribution in [3.05, 3.63) is 22.7 Å². The summed E-state index contributed by atoms with van der Waals surface area (Å²) in [6.07, 6.45) is 1.18. The number of ether oxygens (including phenoxy) is 2. The van der Waals surface area contributed by atoms with Gasteiger partial charge < -0.3 is 9.47 Å². The van der Waals surface area contributed by atoms with Crippen molar-refractivity contribution in [3.8, 4) is 11.5 Å². The highest BCUT2D eigenvalue weighted by atomic mass is 79.9. The maximum atomic E-state index is 5.69. The highest BCUT2D eigenvalue weighted by Crippen LogP contribution is 2.34. The van der Waals surface area contributed by atoms with E-state index in [0.717, 1.165) is 22.4 Å². The molecule has 3 heteroatoms. The molecular formula is C10H11BrO2. The third-order valence-corrected chi connectivity index (χ3v) is 2.57. The lowest BCUT2D eigenvalue weighted by Gasteiger charge is -2.25. The van der Waals surface area contributed by atoms with Crippen molar-refractivity contribution in [3.63, 3.8) is 0 Å². The predicted molar refractivity (Wildman–Crippen MR) is 54.3 cm³/mol. The molecular weight excluding hydrogens is 232 g/mol. The molecule has 1 aliphatic heterocycles. The fourth-order valence-corrected chi connectivity index (χ4v) is 1.63. The lowest BCUT2D eigenvalue weighted by molar-refractivity contribution is 0.0883. The molecule has 0 N–H and O–H groups in total. The standard InChI is InChI=1S/C10H11BrO2/c1-2-8-6-12-10-5-7(11)3-4-9(10)13-8/h3-5,8H,2,6H2,1H3. The molecule has 1 heterocycles. The van der Waals surface area contributed by atoms with Crippen molar-refractivity contribution in [2.75, 3.05) is 6.61 Å². The molecule has 1 atom stereocenters. The van der Waals surface area contributed by atoms with Gasteiger partial charge in [0, 0.05) is 4.47 Å². The molecule has 0 saturated carbocycles. The van der Waals surface area contributed by atoms with Crippen LogP contribution in [-0.4, -0.2) is 12.7 Å².